The van der Waals surface area contributed by atoms with Crippen molar-refractivity contribution in [2.24, 2.45) is 0 Å². The van der Waals surface area contributed by atoms with Crippen molar-refractivity contribution in [2.45, 2.75) is 0 Å². The lowest BCUT2D eigenvalue weighted by atomic mass is 9.98. The first-order chi connectivity index (χ1) is 25.3. The van der Waals surface area contributed by atoms with Crippen molar-refractivity contribution in [2.75, 3.05) is 0 Å². The van der Waals surface area contributed by atoms with Gasteiger partial charge in [0.2, 0.25) is 0 Å². The highest BCUT2D eigenvalue weighted by molar-refractivity contribution is 6.08. The van der Waals surface area contributed by atoms with Crippen molar-refractivity contribution >= 4 is 43.6 Å². The molecule has 0 saturated carbocycles. The van der Waals surface area contributed by atoms with Crippen LogP contribution in [0.2, 0.25) is 0 Å². The maximum atomic E-state index is 5.11. The van der Waals surface area contributed by atoms with Gasteiger partial charge in [0, 0.05) is 63.7 Å². The Bertz CT molecular complexity index is 2860. The molecular weight excluding hydrogens is 627 g/mol. The molecule has 0 bridgehead atoms. The van der Waals surface area contributed by atoms with Gasteiger partial charge in [-0.25, -0.2) is 15.0 Å². The van der Waals surface area contributed by atoms with Gasteiger partial charge in [-0.15, -0.1) is 0 Å². The Morgan fingerprint density at radius 1 is 0.392 bits per heavy atom. The van der Waals surface area contributed by atoms with Gasteiger partial charge in [0.1, 0.15) is 5.82 Å². The third-order valence-electron chi connectivity index (χ3n) is 9.42. The number of aromatic nitrogens is 7. The average Bonchev–Trinajstić information content (AvgIpc) is 3.55. The standard InChI is InChI=1S/C44H27N7/c1-2-12-40-34(10-1)35-27-45-22-19-41(35)51(40)42-18-16-32(26-48-42)38-24-33(25-39(49-38)37-11-3-4-20-46-37)30-7-5-8-31(23-30)36-17-15-29-14-13-28-9-6-21-47-43(28)44(29)50-36/h1-27H. The number of para-hydroxylation sites is 1. The van der Waals surface area contributed by atoms with Crippen LogP contribution in [-0.2, 0) is 0 Å². The number of pyridine rings is 6. The van der Waals surface area contributed by atoms with Gasteiger partial charge in [0.15, 0.2) is 0 Å². The molecule has 7 heterocycles. The van der Waals surface area contributed by atoms with E-state index >= 15 is 0 Å². The van der Waals surface area contributed by atoms with E-state index in [0.717, 1.165) is 94.5 Å². The average molecular weight is 654 g/mol. The molecule has 7 nitrogen and oxygen atoms in total. The molecule has 0 fully saturated rings. The summed E-state index contributed by atoms with van der Waals surface area (Å²) in [4.78, 5) is 28.9. The lowest BCUT2D eigenvalue weighted by molar-refractivity contribution is 1.08. The van der Waals surface area contributed by atoms with E-state index in [1.54, 1.807) is 6.20 Å². The molecule has 3 aromatic carbocycles. The molecule has 0 radical (unpaired) electrons. The summed E-state index contributed by atoms with van der Waals surface area (Å²) in [5.41, 5.74) is 11.2. The summed E-state index contributed by atoms with van der Waals surface area (Å²) in [6.07, 6.45) is 9.26. The highest BCUT2D eigenvalue weighted by atomic mass is 15.1. The van der Waals surface area contributed by atoms with Gasteiger partial charge in [0.25, 0.3) is 0 Å². The zero-order chi connectivity index (χ0) is 33.7. The van der Waals surface area contributed by atoms with E-state index in [-0.39, 0.29) is 0 Å². The molecule has 0 aliphatic rings. The van der Waals surface area contributed by atoms with Crippen LogP contribution in [0.5, 0.6) is 0 Å². The van der Waals surface area contributed by atoms with Crippen LogP contribution in [0.1, 0.15) is 0 Å². The zero-order valence-electron chi connectivity index (χ0n) is 27.2. The van der Waals surface area contributed by atoms with E-state index in [2.05, 4.69) is 123 Å². The van der Waals surface area contributed by atoms with Crippen molar-refractivity contribution in [1.29, 1.82) is 0 Å². The first-order valence-corrected chi connectivity index (χ1v) is 16.8. The fraction of sp³-hybridized carbons (Fsp3) is 0. The highest BCUT2D eigenvalue weighted by Crippen LogP contribution is 2.34. The van der Waals surface area contributed by atoms with E-state index in [1.807, 2.05) is 55.1 Å². The minimum absolute atomic E-state index is 0.786. The molecule has 7 heteroatoms. The van der Waals surface area contributed by atoms with Crippen LogP contribution in [0.25, 0.3) is 94.5 Å². The summed E-state index contributed by atoms with van der Waals surface area (Å²) >= 11 is 0. The van der Waals surface area contributed by atoms with E-state index in [9.17, 15) is 0 Å². The van der Waals surface area contributed by atoms with Crippen LogP contribution < -0.4 is 0 Å². The second-order valence-corrected chi connectivity index (χ2v) is 12.5. The number of fused-ring (bicyclic) bond motifs is 6. The monoisotopic (exact) mass is 653 g/mol. The second kappa shape index (κ2) is 11.8. The molecule has 0 N–H and O–H groups in total. The summed E-state index contributed by atoms with van der Waals surface area (Å²) in [7, 11) is 0. The predicted octanol–water partition coefficient (Wildman–Crippen LogP) is 10.1. The molecule has 0 aliphatic carbocycles. The molecule has 0 aliphatic heterocycles. The van der Waals surface area contributed by atoms with E-state index < -0.39 is 0 Å². The Morgan fingerprint density at radius 2 is 1.22 bits per heavy atom. The van der Waals surface area contributed by atoms with Crippen LogP contribution in [0.3, 0.4) is 0 Å². The summed E-state index contributed by atoms with van der Waals surface area (Å²) < 4.78 is 2.19. The molecule has 10 aromatic rings. The number of hydrogen-bond acceptors (Lipinski definition) is 6. The van der Waals surface area contributed by atoms with Gasteiger partial charge < -0.3 is 0 Å². The third-order valence-corrected chi connectivity index (χ3v) is 9.42. The maximum absolute atomic E-state index is 5.11. The summed E-state index contributed by atoms with van der Waals surface area (Å²) in [5.74, 6) is 0.829. The van der Waals surface area contributed by atoms with Crippen LogP contribution in [-0.4, -0.2) is 34.5 Å². The molecule has 51 heavy (non-hydrogen) atoms. The molecular formula is C44H27N7. The zero-order valence-corrected chi connectivity index (χ0v) is 27.2. The Balaban J connectivity index is 1.08. The highest BCUT2D eigenvalue weighted by Gasteiger charge is 2.15. The van der Waals surface area contributed by atoms with Gasteiger partial charge in [-0.3, -0.25) is 19.5 Å². The molecule has 0 amide bonds. The first kappa shape index (κ1) is 28.9. The molecule has 10 rings (SSSR count). The number of nitrogens with zero attached hydrogens (tertiary/aromatic N) is 7. The SMILES string of the molecule is c1ccc(-c2cc(-c3cccc(-c4ccc5ccc6cccnc6c5n4)c3)cc(-c3ccc(-n4c5ccccc5c5cnccc54)nc3)n2)nc1. The van der Waals surface area contributed by atoms with E-state index in [4.69, 9.17) is 15.0 Å². The lowest BCUT2D eigenvalue weighted by Gasteiger charge is -2.12. The molecule has 0 unspecified atom stereocenters. The van der Waals surface area contributed by atoms with Gasteiger partial charge in [-0.1, -0.05) is 66.7 Å². The Kier molecular flexibility index (Phi) is 6.67. The molecule has 0 atom stereocenters. The smallest absolute Gasteiger partial charge is 0.137 e. The number of benzene rings is 3. The van der Waals surface area contributed by atoms with Crippen LogP contribution >= 0.6 is 0 Å². The minimum Gasteiger partial charge on any atom is -0.294 e. The fourth-order valence-corrected chi connectivity index (χ4v) is 6.97. The third kappa shape index (κ3) is 4.99. The van der Waals surface area contributed by atoms with Crippen LogP contribution in [0.4, 0.5) is 0 Å². The number of rotatable bonds is 5. The first-order valence-electron chi connectivity index (χ1n) is 16.8. The normalized spacial score (nSPS) is 11.5. The van der Waals surface area contributed by atoms with Crippen LogP contribution in [0.15, 0.2) is 164 Å². The second-order valence-electron chi connectivity index (χ2n) is 12.5. The summed E-state index contributed by atoms with van der Waals surface area (Å²) in [6, 6.07) is 45.6. The summed E-state index contributed by atoms with van der Waals surface area (Å²) in [5, 5.41) is 4.38. The topological polar surface area (TPSA) is 82.3 Å². The van der Waals surface area contributed by atoms with Crippen molar-refractivity contribution in [3.63, 3.8) is 0 Å². The fourth-order valence-electron chi connectivity index (χ4n) is 6.97. The van der Waals surface area contributed by atoms with Crippen molar-refractivity contribution in [3.8, 4) is 50.8 Å². The van der Waals surface area contributed by atoms with E-state index in [1.165, 1.54) is 0 Å². The Morgan fingerprint density at radius 3 is 2.12 bits per heavy atom. The molecule has 0 saturated heterocycles. The van der Waals surface area contributed by atoms with Gasteiger partial charge >= 0.3 is 0 Å². The lowest BCUT2D eigenvalue weighted by Crippen LogP contribution is -1.98. The molecule has 0 spiro atoms. The quantitative estimate of drug-likeness (QED) is 0.172. The molecule has 7 aromatic heterocycles. The van der Waals surface area contributed by atoms with Gasteiger partial charge in [-0.2, -0.15) is 0 Å². The van der Waals surface area contributed by atoms with Gasteiger partial charge in [-0.05, 0) is 77.9 Å². The minimum atomic E-state index is 0.786. The Labute approximate surface area is 292 Å². The van der Waals surface area contributed by atoms with E-state index in [0.29, 0.717) is 0 Å². The van der Waals surface area contributed by atoms with Gasteiger partial charge in [0.05, 0.1) is 44.8 Å². The maximum Gasteiger partial charge on any atom is 0.137 e. The predicted molar refractivity (Wildman–Crippen MR) is 204 cm³/mol. The summed E-state index contributed by atoms with van der Waals surface area (Å²) in [6.45, 7) is 0. The van der Waals surface area contributed by atoms with Crippen molar-refractivity contribution < 1.29 is 0 Å². The van der Waals surface area contributed by atoms with Crippen molar-refractivity contribution in [3.05, 3.63) is 164 Å². The largest absolute Gasteiger partial charge is 0.294 e. The van der Waals surface area contributed by atoms with Crippen LogP contribution in [0, 0.1) is 0 Å². The Hall–Kier alpha value is -7.12. The van der Waals surface area contributed by atoms with Crippen molar-refractivity contribution in [1.82, 2.24) is 34.5 Å². The molecule has 238 valence electrons. The number of hydrogen-bond donors (Lipinski definition) is 0.